The van der Waals surface area contributed by atoms with Gasteiger partial charge in [-0.2, -0.15) is 0 Å². The summed E-state index contributed by atoms with van der Waals surface area (Å²) in [5.74, 6) is 0.298. The number of halogens is 1. The molecule has 3 nitrogen and oxygen atoms in total. The molecule has 1 aromatic carbocycles. The van der Waals surface area contributed by atoms with Crippen LogP contribution in [0.4, 0.5) is 0 Å². The van der Waals surface area contributed by atoms with E-state index >= 15 is 0 Å². The molecule has 90 valence electrons. The number of aromatic hydroxyl groups is 1. The number of rotatable bonds is 6. The lowest BCUT2D eigenvalue weighted by Crippen LogP contribution is -2.19. The molecule has 0 saturated carbocycles. The summed E-state index contributed by atoms with van der Waals surface area (Å²) in [5, 5.41) is 22.1. The zero-order chi connectivity index (χ0) is 12.0. The summed E-state index contributed by atoms with van der Waals surface area (Å²) in [4.78, 5) is 0. The maximum absolute atomic E-state index is 9.58. The number of phenolic OH excluding ortho intramolecular Hbond substituents is 1. The second-order valence-corrected chi connectivity index (χ2v) is 4.72. The number of benzene rings is 1. The van der Waals surface area contributed by atoms with Crippen molar-refractivity contribution in [3.63, 3.8) is 0 Å². The lowest BCUT2D eigenvalue weighted by Gasteiger charge is -2.09. The van der Waals surface area contributed by atoms with Crippen LogP contribution in [0.2, 0.25) is 0 Å². The zero-order valence-electron chi connectivity index (χ0n) is 9.41. The molecule has 1 atom stereocenters. The minimum Gasteiger partial charge on any atom is -0.508 e. The second kappa shape index (κ2) is 6.89. The van der Waals surface area contributed by atoms with Crippen LogP contribution in [0.1, 0.15) is 25.3 Å². The van der Waals surface area contributed by atoms with Crippen molar-refractivity contribution in [2.45, 2.75) is 32.4 Å². The largest absolute Gasteiger partial charge is 0.508 e. The van der Waals surface area contributed by atoms with E-state index in [1.54, 1.807) is 12.1 Å². The van der Waals surface area contributed by atoms with Gasteiger partial charge >= 0.3 is 0 Å². The van der Waals surface area contributed by atoms with Gasteiger partial charge < -0.3 is 15.5 Å². The molecule has 0 aliphatic heterocycles. The Kier molecular flexibility index (Phi) is 5.80. The van der Waals surface area contributed by atoms with Gasteiger partial charge in [-0.15, -0.1) is 0 Å². The molecule has 1 aromatic rings. The van der Waals surface area contributed by atoms with Gasteiger partial charge in [0.1, 0.15) is 5.75 Å². The molecule has 0 radical (unpaired) electrons. The number of aliphatic hydroxyl groups excluding tert-OH is 1. The summed E-state index contributed by atoms with van der Waals surface area (Å²) in [6.07, 6.45) is 1.29. The molecule has 16 heavy (non-hydrogen) atoms. The molecule has 0 heterocycles. The van der Waals surface area contributed by atoms with Gasteiger partial charge in [0.25, 0.3) is 0 Å². The van der Waals surface area contributed by atoms with Gasteiger partial charge in [-0.05, 0) is 37.6 Å². The van der Waals surface area contributed by atoms with Crippen LogP contribution in [0.25, 0.3) is 0 Å². The quantitative estimate of drug-likeness (QED) is 0.705. The number of nitrogens with one attached hydrogen (secondary N) is 1. The Morgan fingerprint density at radius 1 is 1.44 bits per heavy atom. The zero-order valence-corrected chi connectivity index (χ0v) is 11.0. The van der Waals surface area contributed by atoms with Crippen molar-refractivity contribution in [3.8, 4) is 5.75 Å². The van der Waals surface area contributed by atoms with E-state index in [1.807, 2.05) is 13.0 Å². The second-order valence-electron chi connectivity index (χ2n) is 3.80. The number of hydrogen-bond acceptors (Lipinski definition) is 3. The molecule has 0 aromatic heterocycles. The van der Waals surface area contributed by atoms with Crippen LogP contribution >= 0.6 is 15.9 Å². The van der Waals surface area contributed by atoms with E-state index in [1.165, 1.54) is 0 Å². The Labute approximate surface area is 105 Å². The lowest BCUT2D eigenvalue weighted by atomic mass is 10.2. The van der Waals surface area contributed by atoms with Gasteiger partial charge in [-0.3, -0.25) is 0 Å². The van der Waals surface area contributed by atoms with Gasteiger partial charge in [-0.25, -0.2) is 0 Å². The van der Waals surface area contributed by atoms with Crippen LogP contribution < -0.4 is 5.32 Å². The monoisotopic (exact) mass is 287 g/mol. The number of phenols is 1. The minimum atomic E-state index is -0.233. The molecule has 0 amide bonds. The van der Waals surface area contributed by atoms with Gasteiger partial charge in [-0.1, -0.05) is 22.9 Å². The van der Waals surface area contributed by atoms with Crippen molar-refractivity contribution in [2.24, 2.45) is 0 Å². The standard InChI is InChI=1S/C12H18BrNO2/c1-2-11(15)5-6-14-8-9-7-10(13)3-4-12(9)16/h3-4,7,11,14-16H,2,5-6,8H2,1H3. The van der Waals surface area contributed by atoms with Crippen molar-refractivity contribution in [2.75, 3.05) is 6.54 Å². The highest BCUT2D eigenvalue weighted by molar-refractivity contribution is 9.10. The van der Waals surface area contributed by atoms with E-state index < -0.39 is 0 Å². The molecule has 4 heteroatoms. The molecule has 1 rings (SSSR count). The highest BCUT2D eigenvalue weighted by atomic mass is 79.9. The molecule has 0 aliphatic rings. The van der Waals surface area contributed by atoms with E-state index in [4.69, 9.17) is 0 Å². The van der Waals surface area contributed by atoms with E-state index in [0.29, 0.717) is 12.3 Å². The van der Waals surface area contributed by atoms with E-state index in [-0.39, 0.29) is 6.10 Å². The van der Waals surface area contributed by atoms with Gasteiger partial charge in [0.2, 0.25) is 0 Å². The molecular weight excluding hydrogens is 270 g/mol. The van der Waals surface area contributed by atoms with E-state index in [2.05, 4.69) is 21.2 Å². The minimum absolute atomic E-state index is 0.233. The van der Waals surface area contributed by atoms with Crippen LogP contribution in [-0.4, -0.2) is 22.9 Å². The van der Waals surface area contributed by atoms with Crippen LogP contribution in [-0.2, 0) is 6.54 Å². The highest BCUT2D eigenvalue weighted by Gasteiger charge is 2.03. The first-order chi connectivity index (χ1) is 7.63. The third-order valence-corrected chi connectivity index (χ3v) is 2.98. The number of aliphatic hydroxyl groups is 1. The SMILES string of the molecule is CCC(O)CCNCc1cc(Br)ccc1O. The lowest BCUT2D eigenvalue weighted by molar-refractivity contribution is 0.159. The molecule has 0 aliphatic carbocycles. The summed E-state index contributed by atoms with van der Waals surface area (Å²) in [6, 6.07) is 5.36. The third-order valence-electron chi connectivity index (χ3n) is 2.48. The summed E-state index contributed by atoms with van der Waals surface area (Å²) < 4.78 is 0.954. The van der Waals surface area contributed by atoms with Crippen molar-refractivity contribution >= 4 is 15.9 Å². The summed E-state index contributed by atoms with van der Waals surface area (Å²) in [7, 11) is 0. The Bertz CT molecular complexity index is 331. The van der Waals surface area contributed by atoms with Gasteiger partial charge in [0.05, 0.1) is 6.10 Å². The first kappa shape index (κ1) is 13.5. The summed E-state index contributed by atoms with van der Waals surface area (Å²) >= 11 is 3.36. The van der Waals surface area contributed by atoms with Crippen LogP contribution in [0.5, 0.6) is 5.75 Å². The fourth-order valence-corrected chi connectivity index (χ4v) is 1.80. The van der Waals surface area contributed by atoms with Crippen molar-refractivity contribution in [3.05, 3.63) is 28.2 Å². The van der Waals surface area contributed by atoms with Crippen LogP contribution in [0.15, 0.2) is 22.7 Å². The topological polar surface area (TPSA) is 52.5 Å². The normalized spacial score (nSPS) is 12.7. The van der Waals surface area contributed by atoms with Gasteiger partial charge in [0, 0.05) is 16.6 Å². The summed E-state index contributed by atoms with van der Waals surface area (Å²) in [5.41, 5.74) is 0.861. The number of hydrogen-bond donors (Lipinski definition) is 3. The van der Waals surface area contributed by atoms with Crippen molar-refractivity contribution in [1.82, 2.24) is 5.32 Å². The van der Waals surface area contributed by atoms with Crippen molar-refractivity contribution < 1.29 is 10.2 Å². The Balaban J connectivity index is 2.34. The van der Waals surface area contributed by atoms with Crippen LogP contribution in [0.3, 0.4) is 0 Å². The maximum Gasteiger partial charge on any atom is 0.120 e. The maximum atomic E-state index is 9.58. The predicted molar refractivity (Wildman–Crippen MR) is 68.4 cm³/mol. The van der Waals surface area contributed by atoms with E-state index in [0.717, 1.165) is 29.4 Å². The molecule has 1 unspecified atom stereocenters. The molecule has 3 N–H and O–H groups in total. The predicted octanol–water partition coefficient (Wildman–Crippen LogP) is 2.41. The molecule has 0 saturated heterocycles. The Morgan fingerprint density at radius 3 is 2.88 bits per heavy atom. The molecule has 0 spiro atoms. The first-order valence-corrected chi connectivity index (χ1v) is 6.29. The summed E-state index contributed by atoms with van der Waals surface area (Å²) in [6.45, 7) is 3.33. The Morgan fingerprint density at radius 2 is 2.19 bits per heavy atom. The molecule has 0 fully saturated rings. The smallest absolute Gasteiger partial charge is 0.120 e. The fraction of sp³-hybridized carbons (Fsp3) is 0.500. The highest BCUT2D eigenvalue weighted by Crippen LogP contribution is 2.21. The average Bonchev–Trinajstić information content (AvgIpc) is 2.28. The molecular formula is C12H18BrNO2. The average molecular weight is 288 g/mol. The van der Waals surface area contributed by atoms with E-state index in [9.17, 15) is 10.2 Å². The third kappa shape index (κ3) is 4.51. The van der Waals surface area contributed by atoms with Crippen molar-refractivity contribution in [1.29, 1.82) is 0 Å². The van der Waals surface area contributed by atoms with Crippen LogP contribution in [0, 0.1) is 0 Å². The molecule has 0 bridgehead atoms. The Hall–Kier alpha value is -0.580. The van der Waals surface area contributed by atoms with Gasteiger partial charge in [0.15, 0.2) is 0 Å². The fourth-order valence-electron chi connectivity index (χ4n) is 1.39. The first-order valence-electron chi connectivity index (χ1n) is 5.49.